The molecule has 88 valence electrons. The highest BCUT2D eigenvalue weighted by Crippen LogP contribution is 2.25. The first-order chi connectivity index (χ1) is 7.63. The monoisotopic (exact) mass is 237 g/mol. The van der Waals surface area contributed by atoms with Crippen LogP contribution in [0, 0.1) is 0 Å². The zero-order chi connectivity index (χ0) is 11.5. The van der Waals surface area contributed by atoms with Crippen molar-refractivity contribution in [2.45, 2.75) is 30.9 Å². The lowest BCUT2D eigenvalue weighted by atomic mass is 10.2. The molecule has 0 spiro atoms. The van der Waals surface area contributed by atoms with E-state index < -0.39 is 0 Å². The third-order valence-electron chi connectivity index (χ3n) is 2.71. The molecule has 4 heteroatoms. The second kappa shape index (κ2) is 5.06. The van der Waals surface area contributed by atoms with Crippen molar-refractivity contribution < 1.29 is 0 Å². The Labute approximate surface area is 101 Å². The molecular formula is C12H19N3S. The van der Waals surface area contributed by atoms with Crippen LogP contribution >= 0.6 is 11.8 Å². The van der Waals surface area contributed by atoms with Gasteiger partial charge in [0.2, 0.25) is 0 Å². The average molecular weight is 237 g/mol. The van der Waals surface area contributed by atoms with Crippen molar-refractivity contribution >= 4 is 17.6 Å². The van der Waals surface area contributed by atoms with Crippen molar-refractivity contribution in [2.75, 3.05) is 18.8 Å². The Bertz CT molecular complexity index is 346. The number of nitrogen functional groups attached to an aromatic ring is 1. The smallest absolute Gasteiger partial charge is 0.123 e. The molecule has 2 rings (SSSR count). The Kier molecular flexibility index (Phi) is 3.71. The number of pyridine rings is 1. The second-order valence-electron chi connectivity index (χ2n) is 4.51. The van der Waals surface area contributed by atoms with Crippen molar-refractivity contribution in [3.05, 3.63) is 23.9 Å². The van der Waals surface area contributed by atoms with Crippen LogP contribution in [0.1, 0.15) is 19.5 Å². The quantitative estimate of drug-likeness (QED) is 0.854. The number of rotatable bonds is 2. The van der Waals surface area contributed by atoms with Crippen LogP contribution in [0.3, 0.4) is 0 Å². The fourth-order valence-electron chi connectivity index (χ4n) is 2.23. The lowest BCUT2D eigenvalue weighted by Crippen LogP contribution is -2.39. The number of anilines is 1. The van der Waals surface area contributed by atoms with Crippen LogP contribution in [-0.4, -0.2) is 33.5 Å². The molecule has 3 nitrogen and oxygen atoms in total. The molecule has 0 aliphatic carbocycles. The summed E-state index contributed by atoms with van der Waals surface area (Å²) in [5.41, 5.74) is 6.76. The van der Waals surface area contributed by atoms with Crippen LogP contribution < -0.4 is 5.73 Å². The Hall–Kier alpha value is -0.740. The van der Waals surface area contributed by atoms with Crippen molar-refractivity contribution in [3.63, 3.8) is 0 Å². The summed E-state index contributed by atoms with van der Waals surface area (Å²) in [7, 11) is 0. The maximum Gasteiger partial charge on any atom is 0.123 e. The molecule has 2 unspecified atom stereocenters. The largest absolute Gasteiger partial charge is 0.384 e. The van der Waals surface area contributed by atoms with Gasteiger partial charge in [-0.05, 0) is 12.1 Å². The number of nitrogens with two attached hydrogens (primary N) is 1. The van der Waals surface area contributed by atoms with Gasteiger partial charge in [0.1, 0.15) is 5.82 Å². The van der Waals surface area contributed by atoms with E-state index in [1.807, 2.05) is 18.2 Å². The van der Waals surface area contributed by atoms with Crippen LogP contribution in [0.5, 0.6) is 0 Å². The van der Waals surface area contributed by atoms with Crippen LogP contribution in [0.4, 0.5) is 5.82 Å². The third-order valence-corrected chi connectivity index (χ3v) is 3.94. The molecule has 0 aromatic carbocycles. The summed E-state index contributed by atoms with van der Waals surface area (Å²) in [6.45, 7) is 7.79. The van der Waals surface area contributed by atoms with Gasteiger partial charge in [0.25, 0.3) is 0 Å². The molecule has 2 N–H and O–H groups in total. The van der Waals surface area contributed by atoms with Crippen LogP contribution in [0.15, 0.2) is 18.2 Å². The summed E-state index contributed by atoms with van der Waals surface area (Å²) in [5, 5.41) is 1.43. The number of hydrogen-bond acceptors (Lipinski definition) is 4. The van der Waals surface area contributed by atoms with E-state index in [0.717, 1.165) is 25.3 Å². The summed E-state index contributed by atoms with van der Waals surface area (Å²) in [6.07, 6.45) is 0. The number of nitrogens with zero attached hydrogens (tertiary/aromatic N) is 2. The second-order valence-corrected chi connectivity index (χ2v) is 6.39. The van der Waals surface area contributed by atoms with Crippen LogP contribution in [-0.2, 0) is 6.54 Å². The molecule has 1 aliphatic heterocycles. The number of thioether (sulfide) groups is 1. The molecule has 0 saturated carbocycles. The van der Waals surface area contributed by atoms with Gasteiger partial charge in [-0.2, -0.15) is 11.8 Å². The molecule has 0 bridgehead atoms. The molecule has 1 aromatic rings. The highest BCUT2D eigenvalue weighted by Gasteiger charge is 2.22. The minimum Gasteiger partial charge on any atom is -0.384 e. The lowest BCUT2D eigenvalue weighted by Gasteiger charge is -2.34. The van der Waals surface area contributed by atoms with Crippen molar-refractivity contribution in [2.24, 2.45) is 0 Å². The summed E-state index contributed by atoms with van der Waals surface area (Å²) in [6, 6.07) is 5.86. The minimum atomic E-state index is 0.616. The standard InChI is InChI=1S/C12H19N3S/c1-9-6-15(7-10(2)16-9)8-11-4-3-5-12(13)14-11/h3-5,9-10H,6-8H2,1-2H3,(H2,13,14). The summed E-state index contributed by atoms with van der Waals surface area (Å²) in [5.74, 6) is 0.616. The molecule has 1 fully saturated rings. The van der Waals surface area contributed by atoms with Gasteiger partial charge in [0.05, 0.1) is 5.69 Å². The number of aromatic nitrogens is 1. The van der Waals surface area contributed by atoms with Crippen LogP contribution in [0.25, 0.3) is 0 Å². The SMILES string of the molecule is CC1CN(Cc2cccc(N)n2)CC(C)S1. The zero-order valence-corrected chi connectivity index (χ0v) is 10.7. The molecule has 2 atom stereocenters. The zero-order valence-electron chi connectivity index (χ0n) is 9.89. The molecule has 16 heavy (non-hydrogen) atoms. The van der Waals surface area contributed by atoms with Gasteiger partial charge in [-0.15, -0.1) is 0 Å². The van der Waals surface area contributed by atoms with E-state index in [2.05, 4.69) is 35.5 Å². The normalized spacial score (nSPS) is 26.9. The van der Waals surface area contributed by atoms with Gasteiger partial charge >= 0.3 is 0 Å². The Balaban J connectivity index is 1.98. The topological polar surface area (TPSA) is 42.1 Å². The molecule has 1 saturated heterocycles. The molecule has 0 radical (unpaired) electrons. The molecule has 0 amide bonds. The van der Waals surface area contributed by atoms with E-state index in [0.29, 0.717) is 16.3 Å². The predicted molar refractivity (Wildman–Crippen MR) is 70.4 cm³/mol. The van der Waals surface area contributed by atoms with Gasteiger partial charge in [-0.3, -0.25) is 4.90 Å². The van der Waals surface area contributed by atoms with Crippen LogP contribution in [0.2, 0.25) is 0 Å². The maximum absolute atomic E-state index is 5.68. The fourth-order valence-corrected chi connectivity index (χ4v) is 3.62. The highest BCUT2D eigenvalue weighted by molar-refractivity contribution is 8.00. The van der Waals surface area contributed by atoms with Gasteiger partial charge in [-0.25, -0.2) is 4.98 Å². The third kappa shape index (κ3) is 3.12. The minimum absolute atomic E-state index is 0.616. The predicted octanol–water partition coefficient (Wildman–Crippen LogP) is 1.99. The van der Waals surface area contributed by atoms with Gasteiger partial charge in [0, 0.05) is 30.1 Å². The van der Waals surface area contributed by atoms with Crippen molar-refractivity contribution in [1.29, 1.82) is 0 Å². The van der Waals surface area contributed by atoms with E-state index in [-0.39, 0.29) is 0 Å². The average Bonchev–Trinajstić information content (AvgIpc) is 2.15. The van der Waals surface area contributed by atoms with Crippen molar-refractivity contribution in [1.82, 2.24) is 9.88 Å². The summed E-state index contributed by atoms with van der Waals surface area (Å²) < 4.78 is 0. The van der Waals surface area contributed by atoms with E-state index in [4.69, 9.17) is 5.73 Å². The first-order valence-electron chi connectivity index (χ1n) is 5.72. The van der Waals surface area contributed by atoms with Crippen molar-refractivity contribution in [3.8, 4) is 0 Å². The first-order valence-corrected chi connectivity index (χ1v) is 6.67. The van der Waals surface area contributed by atoms with Gasteiger partial charge in [-0.1, -0.05) is 19.9 Å². The highest BCUT2D eigenvalue weighted by atomic mass is 32.2. The Morgan fingerprint density at radius 2 is 2.06 bits per heavy atom. The summed E-state index contributed by atoms with van der Waals surface area (Å²) in [4.78, 5) is 6.81. The lowest BCUT2D eigenvalue weighted by molar-refractivity contribution is 0.260. The molecule has 1 aliphatic rings. The summed E-state index contributed by atoms with van der Waals surface area (Å²) >= 11 is 2.07. The van der Waals surface area contributed by atoms with Gasteiger partial charge in [0.15, 0.2) is 0 Å². The Morgan fingerprint density at radius 1 is 1.38 bits per heavy atom. The van der Waals surface area contributed by atoms with E-state index in [1.54, 1.807) is 0 Å². The van der Waals surface area contributed by atoms with E-state index >= 15 is 0 Å². The molecule has 1 aromatic heterocycles. The number of hydrogen-bond donors (Lipinski definition) is 1. The molecule has 2 heterocycles. The molecular weight excluding hydrogens is 218 g/mol. The van der Waals surface area contributed by atoms with Gasteiger partial charge < -0.3 is 5.73 Å². The van der Waals surface area contributed by atoms with E-state index in [1.165, 1.54) is 0 Å². The maximum atomic E-state index is 5.68. The first kappa shape index (κ1) is 11.7. The Morgan fingerprint density at radius 3 is 2.69 bits per heavy atom. The van der Waals surface area contributed by atoms with E-state index in [9.17, 15) is 0 Å². The fraction of sp³-hybridized carbons (Fsp3) is 0.583.